The first kappa shape index (κ1) is 11.9. The van der Waals surface area contributed by atoms with Crippen LogP contribution in [0.25, 0.3) is 0 Å². The molecule has 7 heteroatoms. The van der Waals surface area contributed by atoms with Gasteiger partial charge in [0.15, 0.2) is 3.78 Å². The van der Waals surface area contributed by atoms with E-state index in [1.165, 1.54) is 0 Å². The molecule has 0 N–H and O–H groups in total. The highest BCUT2D eigenvalue weighted by Gasteiger charge is 2.37. The Hall–Kier alpha value is -0.550. The van der Waals surface area contributed by atoms with Crippen molar-refractivity contribution in [2.24, 2.45) is 0 Å². The molecule has 0 spiro atoms. The number of carbonyl (C=O) groups excluding carboxylic acids is 2. The number of imide groups is 1. The number of rotatable bonds is 1. The minimum absolute atomic E-state index is 0.212. The van der Waals surface area contributed by atoms with Crippen LogP contribution < -0.4 is 0 Å². The van der Waals surface area contributed by atoms with Gasteiger partial charge in [0.25, 0.3) is 11.8 Å². The van der Waals surface area contributed by atoms with Crippen LogP contribution in [0.3, 0.4) is 0 Å². The summed E-state index contributed by atoms with van der Waals surface area (Å²) >= 11 is 11.0. The van der Waals surface area contributed by atoms with Crippen LogP contribution in [0.2, 0.25) is 0 Å². The van der Waals surface area contributed by atoms with Crippen molar-refractivity contribution in [1.29, 1.82) is 0 Å². The topological polar surface area (TPSA) is 37.4 Å². The van der Waals surface area contributed by atoms with Crippen molar-refractivity contribution < 1.29 is 9.59 Å². The highest BCUT2D eigenvalue weighted by Crippen LogP contribution is 2.37. The first-order chi connectivity index (χ1) is 7.54. The van der Waals surface area contributed by atoms with Crippen molar-refractivity contribution in [1.82, 2.24) is 4.31 Å². The van der Waals surface area contributed by atoms with E-state index in [0.29, 0.717) is 11.1 Å². The van der Waals surface area contributed by atoms with Gasteiger partial charge < -0.3 is 0 Å². The molecule has 0 bridgehead atoms. The van der Waals surface area contributed by atoms with Gasteiger partial charge in [-0.2, -0.15) is 0 Å². The lowest BCUT2D eigenvalue weighted by atomic mass is 10.1. The van der Waals surface area contributed by atoms with Gasteiger partial charge in [0.1, 0.15) is 0 Å². The smallest absolute Gasteiger partial charge is 0.268 e. The number of amides is 2. The van der Waals surface area contributed by atoms with E-state index in [-0.39, 0.29) is 3.78 Å². The summed E-state index contributed by atoms with van der Waals surface area (Å²) < 4.78 is 0.651. The van der Waals surface area contributed by atoms with Gasteiger partial charge in [0.2, 0.25) is 0 Å². The van der Waals surface area contributed by atoms with E-state index in [1.54, 1.807) is 24.3 Å². The molecule has 0 saturated heterocycles. The molecular formula is C9H4Cl3NO2S. The fourth-order valence-corrected chi connectivity index (χ4v) is 2.80. The molecule has 1 unspecified atom stereocenters. The molecule has 0 aliphatic carbocycles. The third kappa shape index (κ3) is 1.76. The van der Waals surface area contributed by atoms with Crippen molar-refractivity contribution in [3.63, 3.8) is 0 Å². The van der Waals surface area contributed by atoms with Crippen molar-refractivity contribution in [2.75, 3.05) is 0 Å². The standard InChI is InChI=1S/C9H4Cl3NO2S/c10-9(11)16(12)13-7(14)5-3-1-2-4-6(5)8(13)15/h1-4H. The minimum atomic E-state index is -1.43. The molecule has 3 nitrogen and oxygen atoms in total. The molecule has 2 rings (SSSR count). The SMILES string of the molecule is O=C1c2ccccc2C(=O)N1S(Cl)=C(Cl)Cl. The van der Waals surface area contributed by atoms with E-state index in [2.05, 4.69) is 0 Å². The van der Waals surface area contributed by atoms with Crippen LogP contribution in [0.5, 0.6) is 0 Å². The highest BCUT2D eigenvalue weighted by atomic mass is 35.7. The molecular weight excluding hydrogens is 293 g/mol. The van der Waals surface area contributed by atoms with Crippen LogP contribution in [0, 0.1) is 0 Å². The second-order valence-electron chi connectivity index (χ2n) is 2.91. The first-order valence-electron chi connectivity index (χ1n) is 4.10. The monoisotopic (exact) mass is 295 g/mol. The van der Waals surface area contributed by atoms with E-state index >= 15 is 0 Å². The van der Waals surface area contributed by atoms with Gasteiger partial charge >= 0.3 is 0 Å². The van der Waals surface area contributed by atoms with Gasteiger partial charge in [0.05, 0.1) is 11.1 Å². The second kappa shape index (κ2) is 4.37. The third-order valence-electron chi connectivity index (χ3n) is 2.04. The highest BCUT2D eigenvalue weighted by molar-refractivity contribution is 8.36. The fourth-order valence-electron chi connectivity index (χ4n) is 1.38. The van der Waals surface area contributed by atoms with Crippen molar-refractivity contribution in [2.45, 2.75) is 0 Å². The van der Waals surface area contributed by atoms with Gasteiger partial charge in [-0.25, -0.2) is 4.31 Å². The number of carbonyl (C=O) groups is 2. The molecule has 2 amide bonds. The molecule has 16 heavy (non-hydrogen) atoms. The quantitative estimate of drug-likeness (QED) is 0.453. The molecule has 0 fully saturated rings. The van der Waals surface area contributed by atoms with Crippen molar-refractivity contribution >= 4 is 59.4 Å². The number of benzene rings is 1. The predicted octanol–water partition coefficient (Wildman–Crippen LogP) is 3.19. The van der Waals surface area contributed by atoms with E-state index in [0.717, 1.165) is 4.31 Å². The Bertz CT molecular complexity index is 490. The number of hydrogen-bond acceptors (Lipinski definition) is 2. The van der Waals surface area contributed by atoms with E-state index < -0.39 is 21.7 Å². The van der Waals surface area contributed by atoms with Crippen LogP contribution in [-0.2, 0) is 0 Å². The zero-order valence-corrected chi connectivity index (χ0v) is 10.7. The maximum atomic E-state index is 11.9. The lowest BCUT2D eigenvalue weighted by Crippen LogP contribution is -2.23. The van der Waals surface area contributed by atoms with Gasteiger partial charge in [-0.1, -0.05) is 35.3 Å². The largest absolute Gasteiger partial charge is 0.272 e. The number of hydrogen-bond donors (Lipinski definition) is 0. The molecule has 1 heterocycles. The molecule has 0 aromatic heterocycles. The molecule has 84 valence electrons. The summed E-state index contributed by atoms with van der Waals surface area (Å²) in [5.74, 6) is -0.949. The zero-order valence-electron chi connectivity index (χ0n) is 7.62. The molecule has 1 aliphatic rings. The summed E-state index contributed by atoms with van der Waals surface area (Å²) in [6.45, 7) is 0. The maximum absolute atomic E-state index is 11.9. The first-order valence-corrected chi connectivity index (χ1v) is 6.87. The van der Waals surface area contributed by atoms with E-state index in [9.17, 15) is 9.59 Å². The van der Waals surface area contributed by atoms with Crippen LogP contribution in [-0.4, -0.2) is 19.9 Å². The average molecular weight is 297 g/mol. The third-order valence-corrected chi connectivity index (χ3v) is 5.18. The normalized spacial score (nSPS) is 16.3. The Morgan fingerprint density at radius 3 is 1.88 bits per heavy atom. The van der Waals surface area contributed by atoms with Gasteiger partial charge in [-0.3, -0.25) is 9.59 Å². The Kier molecular flexibility index (Phi) is 3.26. The molecule has 1 aliphatic heterocycles. The molecule has 1 aromatic rings. The lowest BCUT2D eigenvalue weighted by Gasteiger charge is -2.12. The Morgan fingerprint density at radius 2 is 1.50 bits per heavy atom. The Labute approximate surface area is 108 Å². The predicted molar refractivity (Wildman–Crippen MR) is 67.1 cm³/mol. The number of halogens is 3. The summed E-state index contributed by atoms with van der Waals surface area (Å²) in [6, 6.07) is 6.47. The summed E-state index contributed by atoms with van der Waals surface area (Å²) in [4.78, 5) is 23.7. The molecule has 1 atom stereocenters. The minimum Gasteiger partial charge on any atom is -0.268 e. The molecule has 1 aromatic carbocycles. The summed E-state index contributed by atoms with van der Waals surface area (Å²) in [5.41, 5.74) is 0.639. The average Bonchev–Trinajstić information content (AvgIpc) is 2.52. The number of fused-ring (bicyclic) bond motifs is 1. The van der Waals surface area contributed by atoms with Gasteiger partial charge in [-0.15, -0.1) is 0 Å². The van der Waals surface area contributed by atoms with Gasteiger partial charge in [-0.05, 0) is 22.8 Å². The fraction of sp³-hybridized carbons (Fsp3) is 0. The second-order valence-corrected chi connectivity index (χ2v) is 6.44. The van der Waals surface area contributed by atoms with E-state index in [4.69, 9.17) is 33.9 Å². The molecule has 0 radical (unpaired) electrons. The van der Waals surface area contributed by atoms with Crippen LogP contribution in [0.15, 0.2) is 24.3 Å². The van der Waals surface area contributed by atoms with Crippen molar-refractivity contribution in [3.8, 4) is 0 Å². The Morgan fingerprint density at radius 1 is 1.06 bits per heavy atom. The maximum Gasteiger partial charge on any atom is 0.272 e. The van der Waals surface area contributed by atoms with Crippen LogP contribution in [0.1, 0.15) is 20.7 Å². The zero-order chi connectivity index (χ0) is 11.9. The molecule has 0 saturated carbocycles. The summed E-state index contributed by atoms with van der Waals surface area (Å²) in [6.07, 6.45) is 0. The van der Waals surface area contributed by atoms with Crippen LogP contribution >= 0.6 is 43.8 Å². The van der Waals surface area contributed by atoms with Crippen LogP contribution in [0.4, 0.5) is 0 Å². The number of nitrogens with zero attached hydrogens (tertiary/aromatic N) is 1. The van der Waals surface area contributed by atoms with Crippen molar-refractivity contribution in [3.05, 3.63) is 35.4 Å². The lowest BCUT2D eigenvalue weighted by molar-refractivity contribution is 0.0778. The summed E-state index contributed by atoms with van der Waals surface area (Å²) in [5, 5.41) is 0. The Balaban J connectivity index is 2.55. The van der Waals surface area contributed by atoms with E-state index in [1.807, 2.05) is 0 Å². The summed E-state index contributed by atoms with van der Waals surface area (Å²) in [7, 11) is 4.38. The van der Waals surface area contributed by atoms with Gasteiger partial charge in [0, 0.05) is 9.88 Å².